The van der Waals surface area contributed by atoms with Crippen molar-refractivity contribution in [1.29, 1.82) is 0 Å². The van der Waals surface area contributed by atoms with Crippen molar-refractivity contribution in [2.24, 2.45) is 0 Å². The van der Waals surface area contributed by atoms with Crippen molar-refractivity contribution in [1.82, 2.24) is 9.47 Å². The molecule has 4 rings (SSSR count). The molecule has 2 aliphatic heterocycles. The Morgan fingerprint density at radius 2 is 2.06 bits per heavy atom. The lowest BCUT2D eigenvalue weighted by Crippen LogP contribution is -2.33. The highest BCUT2D eigenvalue weighted by Crippen LogP contribution is 2.34. The number of methoxy groups -OCH3 is 1. The van der Waals surface area contributed by atoms with E-state index in [0.29, 0.717) is 35.0 Å². The predicted molar refractivity (Wildman–Crippen MR) is 124 cm³/mol. The van der Waals surface area contributed by atoms with Crippen LogP contribution in [-0.2, 0) is 19.1 Å². The van der Waals surface area contributed by atoms with E-state index >= 15 is 0 Å². The Morgan fingerprint density at radius 1 is 1.28 bits per heavy atom. The fourth-order valence-electron chi connectivity index (χ4n) is 4.54. The van der Waals surface area contributed by atoms with Gasteiger partial charge in [-0.05, 0) is 69.5 Å². The molecule has 7 heteroatoms. The van der Waals surface area contributed by atoms with E-state index in [4.69, 9.17) is 21.1 Å². The van der Waals surface area contributed by atoms with E-state index < -0.39 is 5.97 Å². The van der Waals surface area contributed by atoms with Crippen LogP contribution in [0.5, 0.6) is 0 Å². The largest absolute Gasteiger partial charge is 0.465 e. The Hall–Kier alpha value is -2.83. The number of hydrogen-bond acceptors (Lipinski definition) is 4. The summed E-state index contributed by atoms with van der Waals surface area (Å²) in [5, 5.41) is 0.650. The van der Waals surface area contributed by atoms with E-state index in [-0.39, 0.29) is 12.0 Å². The molecule has 0 N–H and O–H groups in total. The Balaban J connectivity index is 1.76. The molecule has 3 heterocycles. The van der Waals surface area contributed by atoms with Gasteiger partial charge < -0.3 is 18.9 Å². The highest BCUT2D eigenvalue weighted by atomic mass is 35.5. The third-order valence-electron chi connectivity index (χ3n) is 6.15. The van der Waals surface area contributed by atoms with Crippen LogP contribution in [0.3, 0.4) is 0 Å². The van der Waals surface area contributed by atoms with E-state index in [1.807, 2.05) is 44.2 Å². The second-order valence-electron chi connectivity index (χ2n) is 8.20. The molecule has 168 valence electrons. The highest BCUT2D eigenvalue weighted by Gasteiger charge is 2.38. The standard InChI is InChI=1S/C25H27ClN2O4/c1-15-11-18(16(2)28(15)20-8-5-7-19(26)13-20)12-22-23(25(30)31-4)17(3)27(24(22)29)14-21-9-6-10-32-21/h5,7-8,11-13,21H,6,9-10,14H2,1-4H3/b22-12+/t21-/m0/s1. The molecule has 0 saturated carbocycles. The quantitative estimate of drug-likeness (QED) is 0.489. The van der Waals surface area contributed by atoms with E-state index in [2.05, 4.69) is 4.57 Å². The lowest BCUT2D eigenvalue weighted by molar-refractivity contribution is -0.136. The van der Waals surface area contributed by atoms with Gasteiger partial charge in [0.05, 0.1) is 30.9 Å². The minimum absolute atomic E-state index is 0.0139. The van der Waals surface area contributed by atoms with Crippen molar-refractivity contribution in [2.45, 2.75) is 39.7 Å². The molecule has 1 fully saturated rings. The van der Waals surface area contributed by atoms with Crippen molar-refractivity contribution >= 4 is 29.6 Å². The number of allylic oxidation sites excluding steroid dienone is 1. The molecule has 1 aromatic carbocycles. The van der Waals surface area contributed by atoms with Crippen LogP contribution < -0.4 is 0 Å². The van der Waals surface area contributed by atoms with Crippen LogP contribution in [0, 0.1) is 13.8 Å². The molecule has 2 aliphatic rings. The van der Waals surface area contributed by atoms with Crippen LogP contribution in [0.4, 0.5) is 0 Å². The third kappa shape index (κ3) is 4.00. The Bertz CT molecular complexity index is 1140. The third-order valence-corrected chi connectivity index (χ3v) is 6.38. The molecular formula is C25H27ClN2O4. The summed E-state index contributed by atoms with van der Waals surface area (Å²) in [5.41, 5.74) is 5.01. The van der Waals surface area contributed by atoms with Gasteiger partial charge in [0.1, 0.15) is 0 Å². The van der Waals surface area contributed by atoms with Crippen molar-refractivity contribution in [3.05, 3.63) is 69.1 Å². The van der Waals surface area contributed by atoms with Gasteiger partial charge in [0, 0.05) is 34.4 Å². The molecule has 32 heavy (non-hydrogen) atoms. The maximum Gasteiger partial charge on any atom is 0.340 e. The summed E-state index contributed by atoms with van der Waals surface area (Å²) in [6, 6.07) is 9.62. The monoisotopic (exact) mass is 454 g/mol. The first-order valence-corrected chi connectivity index (χ1v) is 11.1. The van der Waals surface area contributed by atoms with Gasteiger partial charge in [0.15, 0.2) is 0 Å². The van der Waals surface area contributed by atoms with Crippen LogP contribution in [0.1, 0.15) is 36.7 Å². The summed E-state index contributed by atoms with van der Waals surface area (Å²) in [4.78, 5) is 27.6. The summed E-state index contributed by atoms with van der Waals surface area (Å²) in [5.74, 6) is -0.716. The maximum absolute atomic E-state index is 13.4. The molecule has 1 amide bonds. The number of ether oxygens (including phenoxy) is 2. The van der Waals surface area contributed by atoms with Crippen LogP contribution in [0.2, 0.25) is 5.02 Å². The van der Waals surface area contributed by atoms with Gasteiger partial charge in [-0.3, -0.25) is 4.79 Å². The van der Waals surface area contributed by atoms with E-state index in [1.54, 1.807) is 17.9 Å². The number of nitrogens with zero attached hydrogens (tertiary/aromatic N) is 2. The van der Waals surface area contributed by atoms with E-state index in [9.17, 15) is 9.59 Å². The van der Waals surface area contributed by atoms with Gasteiger partial charge in [-0.25, -0.2) is 4.79 Å². The van der Waals surface area contributed by atoms with Crippen LogP contribution in [0.15, 0.2) is 47.2 Å². The number of halogens is 1. The summed E-state index contributed by atoms with van der Waals surface area (Å²) >= 11 is 6.19. The lowest BCUT2D eigenvalue weighted by atomic mass is 10.0. The first-order valence-electron chi connectivity index (χ1n) is 10.7. The highest BCUT2D eigenvalue weighted by molar-refractivity contribution is 6.30. The zero-order chi connectivity index (χ0) is 23.0. The first kappa shape index (κ1) is 22.4. The topological polar surface area (TPSA) is 60.8 Å². The zero-order valence-electron chi connectivity index (χ0n) is 18.8. The molecule has 0 spiro atoms. The minimum atomic E-state index is -0.513. The summed E-state index contributed by atoms with van der Waals surface area (Å²) in [6.45, 7) is 6.91. The van der Waals surface area contributed by atoms with Gasteiger partial charge in [-0.2, -0.15) is 0 Å². The average Bonchev–Trinajstić information content (AvgIpc) is 3.43. The van der Waals surface area contributed by atoms with Gasteiger partial charge >= 0.3 is 5.97 Å². The Labute approximate surface area is 193 Å². The van der Waals surface area contributed by atoms with Crippen LogP contribution >= 0.6 is 11.6 Å². The van der Waals surface area contributed by atoms with Crippen molar-refractivity contribution in [3.63, 3.8) is 0 Å². The maximum atomic E-state index is 13.4. The van der Waals surface area contributed by atoms with Crippen molar-refractivity contribution in [2.75, 3.05) is 20.3 Å². The van der Waals surface area contributed by atoms with Crippen molar-refractivity contribution < 1.29 is 19.1 Å². The fraction of sp³-hybridized carbons (Fsp3) is 0.360. The molecule has 6 nitrogen and oxygen atoms in total. The number of esters is 1. The molecule has 1 atom stereocenters. The zero-order valence-corrected chi connectivity index (χ0v) is 19.5. The number of carbonyl (C=O) groups excluding carboxylic acids is 2. The molecule has 0 bridgehead atoms. The Morgan fingerprint density at radius 3 is 2.72 bits per heavy atom. The molecular weight excluding hydrogens is 428 g/mol. The second kappa shape index (κ2) is 8.96. The Kier molecular flexibility index (Phi) is 6.26. The van der Waals surface area contributed by atoms with Gasteiger partial charge in [0.2, 0.25) is 0 Å². The number of hydrogen-bond donors (Lipinski definition) is 0. The second-order valence-corrected chi connectivity index (χ2v) is 8.64. The number of aryl methyl sites for hydroxylation is 1. The molecule has 0 aliphatic carbocycles. The SMILES string of the molecule is COC(=O)C1=C(C)N(C[C@@H]2CCCO2)C(=O)/C1=C/c1cc(C)n(-c2cccc(Cl)c2)c1C. The van der Waals surface area contributed by atoms with Gasteiger partial charge in [-0.15, -0.1) is 0 Å². The average molecular weight is 455 g/mol. The normalized spacial score (nSPS) is 20.0. The smallest absolute Gasteiger partial charge is 0.340 e. The fourth-order valence-corrected chi connectivity index (χ4v) is 4.73. The van der Waals surface area contributed by atoms with Crippen molar-refractivity contribution in [3.8, 4) is 5.69 Å². The number of benzene rings is 1. The number of rotatable bonds is 5. The van der Waals surface area contributed by atoms with Crippen LogP contribution in [0.25, 0.3) is 11.8 Å². The molecule has 0 radical (unpaired) electrons. The predicted octanol–water partition coefficient (Wildman–Crippen LogP) is 4.60. The molecule has 2 aromatic rings. The molecule has 0 unspecified atom stereocenters. The van der Waals surface area contributed by atoms with Crippen LogP contribution in [-0.4, -0.2) is 47.7 Å². The number of carbonyl (C=O) groups is 2. The molecule has 1 aromatic heterocycles. The summed E-state index contributed by atoms with van der Waals surface area (Å²) < 4.78 is 12.8. The number of aromatic nitrogens is 1. The lowest BCUT2D eigenvalue weighted by Gasteiger charge is -2.21. The summed E-state index contributed by atoms with van der Waals surface area (Å²) in [6.07, 6.45) is 3.67. The first-order chi connectivity index (χ1) is 15.3. The van der Waals surface area contributed by atoms with E-state index in [1.165, 1.54) is 7.11 Å². The van der Waals surface area contributed by atoms with Gasteiger partial charge in [0.25, 0.3) is 5.91 Å². The van der Waals surface area contributed by atoms with Gasteiger partial charge in [-0.1, -0.05) is 17.7 Å². The van der Waals surface area contributed by atoms with E-state index in [0.717, 1.165) is 35.5 Å². The molecule has 1 saturated heterocycles. The number of amides is 1. The minimum Gasteiger partial charge on any atom is -0.465 e. The summed E-state index contributed by atoms with van der Waals surface area (Å²) in [7, 11) is 1.33.